The van der Waals surface area contributed by atoms with Crippen molar-refractivity contribution in [1.29, 1.82) is 0 Å². The van der Waals surface area contributed by atoms with Gasteiger partial charge in [0.25, 0.3) is 5.56 Å². The van der Waals surface area contributed by atoms with Gasteiger partial charge in [-0.05, 0) is 24.3 Å². The number of amides is 1. The number of halogens is 4. The fourth-order valence-electron chi connectivity index (χ4n) is 3.06. The Kier molecular flexibility index (Phi) is 5.63. The van der Waals surface area contributed by atoms with E-state index in [0.29, 0.717) is 22.7 Å². The molecule has 0 bridgehead atoms. The van der Waals surface area contributed by atoms with E-state index in [2.05, 4.69) is 12.2 Å². The lowest BCUT2D eigenvalue weighted by molar-refractivity contribution is -0.138. The number of carbonyl (C=O) groups is 1. The first-order chi connectivity index (χ1) is 11.1. The van der Waals surface area contributed by atoms with Crippen LogP contribution in [0.15, 0.2) is 17.1 Å². The summed E-state index contributed by atoms with van der Waals surface area (Å²) in [6.45, 7) is 3.67. The monoisotopic (exact) mass is 364 g/mol. The smallest absolute Gasteiger partial charge is 0.352 e. The van der Waals surface area contributed by atoms with E-state index in [1.165, 1.54) is 0 Å². The quantitative estimate of drug-likeness (QED) is 0.893. The third-order valence-electron chi connectivity index (χ3n) is 4.74. The van der Waals surface area contributed by atoms with Gasteiger partial charge in [0.15, 0.2) is 0 Å². The van der Waals surface area contributed by atoms with Gasteiger partial charge in [0.1, 0.15) is 11.6 Å². The maximum Gasteiger partial charge on any atom is 0.417 e. The van der Waals surface area contributed by atoms with Crippen molar-refractivity contribution in [3.8, 4) is 0 Å². The molecule has 1 heterocycles. The SMILES string of the molecule is C[C@H]1[C@@H](NC(=O)Cn2cc(C(F)(F)F)cc(Cl)c2=O)CCC[C@@H]1C. The average molecular weight is 365 g/mol. The standard InChI is InChI=1S/C16H20ClF3N2O2/c1-9-4-3-5-13(10(9)2)21-14(23)8-22-7-11(16(18,19)20)6-12(17)15(22)24/h6-7,9-10,13H,3-5,8H2,1-2H3,(H,21,23)/t9-,10+,13-/m0/s1. The van der Waals surface area contributed by atoms with Gasteiger partial charge in [-0.25, -0.2) is 0 Å². The van der Waals surface area contributed by atoms with Gasteiger partial charge in [0.05, 0.1) is 5.56 Å². The van der Waals surface area contributed by atoms with Crippen molar-refractivity contribution >= 4 is 17.5 Å². The highest BCUT2D eigenvalue weighted by Gasteiger charge is 2.32. The number of nitrogens with one attached hydrogen (secondary N) is 1. The summed E-state index contributed by atoms with van der Waals surface area (Å²) in [7, 11) is 0. The minimum Gasteiger partial charge on any atom is -0.352 e. The van der Waals surface area contributed by atoms with Crippen LogP contribution in [-0.2, 0) is 17.5 Å². The van der Waals surface area contributed by atoms with Crippen molar-refractivity contribution in [2.75, 3.05) is 0 Å². The minimum atomic E-state index is -4.64. The Morgan fingerprint density at radius 3 is 2.67 bits per heavy atom. The zero-order chi connectivity index (χ0) is 18.1. The maximum atomic E-state index is 12.8. The van der Waals surface area contributed by atoms with Gasteiger partial charge in [-0.3, -0.25) is 9.59 Å². The first kappa shape index (κ1) is 18.8. The molecular weight excluding hydrogens is 345 g/mol. The Bertz CT molecular complexity index is 672. The van der Waals surface area contributed by atoms with Crippen LogP contribution in [0, 0.1) is 11.8 Å². The summed E-state index contributed by atoms with van der Waals surface area (Å²) in [4.78, 5) is 24.0. The molecule has 0 unspecified atom stereocenters. The fraction of sp³-hybridized carbons (Fsp3) is 0.625. The third kappa shape index (κ3) is 4.32. The summed E-state index contributed by atoms with van der Waals surface area (Å²) in [5, 5.41) is 2.27. The van der Waals surface area contributed by atoms with Crippen LogP contribution >= 0.6 is 11.6 Å². The van der Waals surface area contributed by atoms with Crippen LogP contribution in [0.5, 0.6) is 0 Å². The summed E-state index contributed by atoms with van der Waals surface area (Å²) in [6.07, 6.45) is -1.10. The van der Waals surface area contributed by atoms with Crippen LogP contribution in [-0.4, -0.2) is 16.5 Å². The second-order valence-electron chi connectivity index (χ2n) is 6.45. The Balaban J connectivity index is 2.14. The van der Waals surface area contributed by atoms with Crippen LogP contribution < -0.4 is 10.9 Å². The lowest BCUT2D eigenvalue weighted by atomic mass is 9.78. The van der Waals surface area contributed by atoms with E-state index in [0.717, 1.165) is 19.3 Å². The molecule has 1 N–H and O–H groups in total. The molecule has 3 atom stereocenters. The van der Waals surface area contributed by atoms with E-state index >= 15 is 0 Å². The van der Waals surface area contributed by atoms with Crippen molar-refractivity contribution < 1.29 is 18.0 Å². The zero-order valence-electron chi connectivity index (χ0n) is 13.5. The molecule has 0 saturated heterocycles. The van der Waals surface area contributed by atoms with Crippen LogP contribution in [0.25, 0.3) is 0 Å². The predicted molar refractivity (Wildman–Crippen MR) is 84.8 cm³/mol. The zero-order valence-corrected chi connectivity index (χ0v) is 14.2. The Labute approximate surface area is 143 Å². The summed E-state index contributed by atoms with van der Waals surface area (Å²) >= 11 is 5.58. The van der Waals surface area contributed by atoms with Crippen LogP contribution in [0.2, 0.25) is 5.02 Å². The second-order valence-corrected chi connectivity index (χ2v) is 6.86. The van der Waals surface area contributed by atoms with Gasteiger partial charge in [0, 0.05) is 12.2 Å². The van der Waals surface area contributed by atoms with Gasteiger partial charge in [-0.1, -0.05) is 38.3 Å². The molecule has 0 aromatic carbocycles. The van der Waals surface area contributed by atoms with Crippen LogP contribution in [0.3, 0.4) is 0 Å². The first-order valence-corrected chi connectivity index (χ1v) is 8.24. The normalized spacial score (nSPS) is 24.7. The largest absolute Gasteiger partial charge is 0.417 e. The van der Waals surface area contributed by atoms with E-state index in [4.69, 9.17) is 11.6 Å². The molecule has 24 heavy (non-hydrogen) atoms. The molecule has 1 saturated carbocycles. The topological polar surface area (TPSA) is 51.1 Å². The van der Waals surface area contributed by atoms with Crippen molar-refractivity contribution in [3.63, 3.8) is 0 Å². The molecule has 2 rings (SSSR count). The number of carbonyl (C=O) groups excluding carboxylic acids is 1. The van der Waals surface area contributed by atoms with Crippen molar-refractivity contribution in [3.05, 3.63) is 33.2 Å². The summed E-state index contributed by atoms with van der Waals surface area (Å²) in [5.41, 5.74) is -1.87. The third-order valence-corrected chi connectivity index (χ3v) is 5.01. The molecule has 0 radical (unpaired) electrons. The van der Waals surface area contributed by atoms with E-state index in [1.54, 1.807) is 0 Å². The number of hydrogen-bond acceptors (Lipinski definition) is 2. The molecule has 1 aromatic rings. The molecule has 1 aliphatic rings. The highest BCUT2D eigenvalue weighted by Crippen LogP contribution is 2.30. The maximum absolute atomic E-state index is 12.8. The summed E-state index contributed by atoms with van der Waals surface area (Å²) in [5.74, 6) is 0.262. The molecule has 0 spiro atoms. The van der Waals surface area contributed by atoms with Gasteiger partial charge in [-0.2, -0.15) is 13.2 Å². The number of alkyl halides is 3. The van der Waals surface area contributed by atoms with Crippen molar-refractivity contribution in [2.45, 2.75) is 51.9 Å². The van der Waals surface area contributed by atoms with E-state index < -0.39 is 34.8 Å². The molecule has 1 aliphatic carbocycles. The molecule has 1 amide bonds. The second kappa shape index (κ2) is 7.17. The van der Waals surface area contributed by atoms with E-state index in [1.807, 2.05) is 6.92 Å². The number of rotatable bonds is 3. The molecule has 1 fully saturated rings. The lowest BCUT2D eigenvalue weighted by Gasteiger charge is -2.34. The van der Waals surface area contributed by atoms with Gasteiger partial charge >= 0.3 is 6.18 Å². The average Bonchev–Trinajstić information content (AvgIpc) is 2.47. The molecule has 0 aliphatic heterocycles. The summed E-state index contributed by atoms with van der Waals surface area (Å²) in [6, 6.07) is 0.543. The number of aromatic nitrogens is 1. The number of nitrogens with zero attached hydrogens (tertiary/aromatic N) is 1. The summed E-state index contributed by atoms with van der Waals surface area (Å²) < 4.78 is 39.1. The highest BCUT2D eigenvalue weighted by atomic mass is 35.5. The highest BCUT2D eigenvalue weighted by molar-refractivity contribution is 6.30. The van der Waals surface area contributed by atoms with Gasteiger partial charge < -0.3 is 9.88 Å². The Hall–Kier alpha value is -1.50. The predicted octanol–water partition coefficient (Wildman–Crippen LogP) is 3.46. The number of hydrogen-bond donors (Lipinski definition) is 1. The van der Waals surface area contributed by atoms with Crippen LogP contribution in [0.1, 0.15) is 38.7 Å². The fourth-order valence-corrected chi connectivity index (χ4v) is 3.29. The van der Waals surface area contributed by atoms with E-state index in [-0.39, 0.29) is 12.0 Å². The minimum absolute atomic E-state index is 0.0294. The Morgan fingerprint density at radius 2 is 2.04 bits per heavy atom. The lowest BCUT2D eigenvalue weighted by Crippen LogP contribution is -2.45. The molecule has 8 heteroatoms. The van der Waals surface area contributed by atoms with Crippen molar-refractivity contribution in [1.82, 2.24) is 9.88 Å². The number of pyridine rings is 1. The first-order valence-electron chi connectivity index (χ1n) is 7.86. The van der Waals surface area contributed by atoms with E-state index in [9.17, 15) is 22.8 Å². The molecule has 4 nitrogen and oxygen atoms in total. The molecular formula is C16H20ClF3N2O2. The van der Waals surface area contributed by atoms with Crippen LogP contribution in [0.4, 0.5) is 13.2 Å². The molecule has 1 aromatic heterocycles. The molecule has 134 valence electrons. The van der Waals surface area contributed by atoms with Crippen molar-refractivity contribution in [2.24, 2.45) is 11.8 Å². The Morgan fingerprint density at radius 1 is 1.38 bits per heavy atom. The van der Waals surface area contributed by atoms with Gasteiger partial charge in [0.2, 0.25) is 5.91 Å². The van der Waals surface area contributed by atoms with Gasteiger partial charge in [-0.15, -0.1) is 0 Å².